The van der Waals surface area contributed by atoms with Gasteiger partial charge in [0, 0.05) is 14.1 Å². The molecule has 0 saturated carbocycles. The summed E-state index contributed by atoms with van der Waals surface area (Å²) < 4.78 is 12.9. The van der Waals surface area contributed by atoms with Crippen molar-refractivity contribution in [1.82, 2.24) is 9.13 Å². The van der Waals surface area contributed by atoms with Gasteiger partial charge < -0.3 is 15.2 Å². The lowest BCUT2D eigenvalue weighted by atomic mass is 9.82. The molecule has 1 atom stereocenters. The fourth-order valence-electron chi connectivity index (χ4n) is 3.32. The summed E-state index contributed by atoms with van der Waals surface area (Å²) in [5, 5.41) is 0. The molecule has 8 heteroatoms. The van der Waals surface area contributed by atoms with E-state index in [1.165, 1.54) is 18.7 Å². The molecule has 1 aliphatic heterocycles. The van der Waals surface area contributed by atoms with Gasteiger partial charge in [-0.25, -0.2) is 9.59 Å². The van der Waals surface area contributed by atoms with Crippen LogP contribution in [0.2, 0.25) is 0 Å². The molecule has 142 valence electrons. The molecule has 0 amide bonds. The maximum atomic E-state index is 13.0. The number of esters is 1. The summed E-state index contributed by atoms with van der Waals surface area (Å²) >= 11 is 0. The molecule has 1 aliphatic rings. The zero-order chi connectivity index (χ0) is 19.9. The van der Waals surface area contributed by atoms with Crippen LogP contribution in [0.15, 0.2) is 45.3 Å². The minimum absolute atomic E-state index is 0.0295. The number of aryl methyl sites for hydroxylation is 1. The van der Waals surface area contributed by atoms with E-state index in [-0.39, 0.29) is 29.5 Å². The number of aromatic nitrogens is 2. The number of rotatable bonds is 3. The number of ether oxygens (including phenoxy) is 2. The highest BCUT2D eigenvalue weighted by molar-refractivity contribution is 5.92. The fourth-order valence-corrected chi connectivity index (χ4v) is 3.32. The van der Waals surface area contributed by atoms with E-state index in [4.69, 9.17) is 15.2 Å². The Bertz CT molecular complexity index is 1080. The minimum Gasteiger partial charge on any atom is -0.462 e. The molecule has 0 fully saturated rings. The van der Waals surface area contributed by atoms with Gasteiger partial charge in [0.1, 0.15) is 5.57 Å². The van der Waals surface area contributed by atoms with Gasteiger partial charge in [-0.2, -0.15) is 0 Å². The van der Waals surface area contributed by atoms with Crippen molar-refractivity contribution in [2.24, 2.45) is 19.8 Å². The maximum Gasteiger partial charge on any atom is 0.340 e. The number of nitrogens with two attached hydrogens (primary N) is 1. The van der Waals surface area contributed by atoms with Crippen LogP contribution >= 0.6 is 0 Å². The van der Waals surface area contributed by atoms with Gasteiger partial charge in [0.25, 0.3) is 5.56 Å². The molecule has 0 aliphatic carbocycles. The highest BCUT2D eigenvalue weighted by Gasteiger charge is 2.40. The second-order valence-electron chi connectivity index (χ2n) is 6.31. The largest absolute Gasteiger partial charge is 0.462 e. The van der Waals surface area contributed by atoms with E-state index in [0.29, 0.717) is 5.56 Å². The smallest absolute Gasteiger partial charge is 0.340 e. The Balaban J connectivity index is 2.42. The van der Waals surface area contributed by atoms with Crippen LogP contribution in [0.1, 0.15) is 29.5 Å². The molecule has 0 saturated heterocycles. The van der Waals surface area contributed by atoms with Crippen LogP contribution in [0.5, 0.6) is 5.88 Å². The Morgan fingerprint density at radius 1 is 1.22 bits per heavy atom. The first-order valence-corrected chi connectivity index (χ1v) is 8.49. The van der Waals surface area contributed by atoms with Gasteiger partial charge in [0.05, 0.1) is 18.1 Å². The normalized spacial score (nSPS) is 15.9. The summed E-state index contributed by atoms with van der Waals surface area (Å²) in [6, 6.07) is 7.35. The van der Waals surface area contributed by atoms with E-state index in [2.05, 4.69) is 0 Å². The van der Waals surface area contributed by atoms with Gasteiger partial charge >= 0.3 is 11.7 Å². The van der Waals surface area contributed by atoms with Crippen molar-refractivity contribution in [2.75, 3.05) is 6.61 Å². The van der Waals surface area contributed by atoms with Gasteiger partial charge in [-0.3, -0.25) is 13.9 Å². The molecule has 2 aromatic rings. The first kappa shape index (κ1) is 18.5. The second-order valence-corrected chi connectivity index (χ2v) is 6.31. The Morgan fingerprint density at radius 3 is 2.52 bits per heavy atom. The number of nitrogens with zero attached hydrogens (tertiary/aromatic N) is 2. The van der Waals surface area contributed by atoms with Crippen LogP contribution in [-0.4, -0.2) is 21.7 Å². The highest BCUT2D eigenvalue weighted by atomic mass is 16.5. The molecule has 1 aromatic heterocycles. The SMILES string of the molecule is CCOC(=O)C1=C(N)Oc2c(c(=O)n(C)c(=O)n2C)[C@H]1c1ccccc1C. The number of hydrogen-bond acceptors (Lipinski definition) is 6. The van der Waals surface area contributed by atoms with Crippen molar-refractivity contribution in [2.45, 2.75) is 19.8 Å². The third-order valence-electron chi connectivity index (χ3n) is 4.69. The minimum atomic E-state index is -0.806. The lowest BCUT2D eigenvalue weighted by molar-refractivity contribution is -0.139. The van der Waals surface area contributed by atoms with Gasteiger partial charge in [0.2, 0.25) is 11.8 Å². The molecule has 1 aromatic carbocycles. The molecule has 0 spiro atoms. The lowest BCUT2D eigenvalue weighted by Crippen LogP contribution is -2.43. The molecular formula is C19H21N3O5. The summed E-state index contributed by atoms with van der Waals surface area (Å²) in [4.78, 5) is 37.9. The molecule has 8 nitrogen and oxygen atoms in total. The maximum absolute atomic E-state index is 13.0. The molecule has 0 radical (unpaired) electrons. The van der Waals surface area contributed by atoms with Crippen molar-refractivity contribution >= 4 is 5.97 Å². The number of hydrogen-bond donors (Lipinski definition) is 1. The third-order valence-corrected chi connectivity index (χ3v) is 4.69. The van der Waals surface area contributed by atoms with Crippen LogP contribution in [0, 0.1) is 6.92 Å². The number of carbonyl (C=O) groups is 1. The quantitative estimate of drug-likeness (QED) is 0.794. The Kier molecular flexibility index (Phi) is 4.65. The molecular weight excluding hydrogens is 350 g/mol. The first-order chi connectivity index (χ1) is 12.8. The molecule has 27 heavy (non-hydrogen) atoms. The summed E-state index contributed by atoms with van der Waals surface area (Å²) in [5.41, 5.74) is 6.75. The number of benzene rings is 1. The molecule has 0 bridgehead atoms. The molecule has 0 unspecified atom stereocenters. The Morgan fingerprint density at radius 2 is 1.89 bits per heavy atom. The van der Waals surface area contributed by atoms with Crippen LogP contribution in [0.25, 0.3) is 0 Å². The Hall–Kier alpha value is -3.29. The summed E-state index contributed by atoms with van der Waals surface area (Å²) in [6.45, 7) is 3.70. The van der Waals surface area contributed by atoms with E-state index < -0.39 is 23.1 Å². The van der Waals surface area contributed by atoms with E-state index in [9.17, 15) is 14.4 Å². The van der Waals surface area contributed by atoms with Crippen LogP contribution < -0.4 is 21.7 Å². The van der Waals surface area contributed by atoms with Crippen molar-refractivity contribution in [1.29, 1.82) is 0 Å². The van der Waals surface area contributed by atoms with Gasteiger partial charge in [0.15, 0.2) is 0 Å². The highest BCUT2D eigenvalue weighted by Crippen LogP contribution is 2.41. The summed E-state index contributed by atoms with van der Waals surface area (Å²) in [6.07, 6.45) is 0. The van der Waals surface area contributed by atoms with Gasteiger partial charge in [-0.05, 0) is 25.0 Å². The number of carbonyl (C=O) groups excluding carboxylic acids is 1. The molecule has 2 N–H and O–H groups in total. The van der Waals surface area contributed by atoms with Gasteiger partial charge in [-0.1, -0.05) is 24.3 Å². The van der Waals surface area contributed by atoms with E-state index >= 15 is 0 Å². The monoisotopic (exact) mass is 371 g/mol. The fraction of sp³-hybridized carbons (Fsp3) is 0.316. The average Bonchev–Trinajstić information content (AvgIpc) is 2.64. The van der Waals surface area contributed by atoms with Crippen LogP contribution in [0.4, 0.5) is 0 Å². The van der Waals surface area contributed by atoms with Crippen molar-refractivity contribution in [3.63, 3.8) is 0 Å². The van der Waals surface area contributed by atoms with E-state index in [1.807, 2.05) is 31.2 Å². The number of fused-ring (bicyclic) bond motifs is 1. The van der Waals surface area contributed by atoms with Crippen LogP contribution in [-0.2, 0) is 23.6 Å². The standard InChI is InChI=1S/C19H21N3O5/c1-5-26-18(24)13-12(11-9-7-6-8-10(11)2)14-16(23)21(3)19(25)22(4)17(14)27-15(13)20/h6-9,12H,5,20H2,1-4H3/t12-/m0/s1. The summed E-state index contributed by atoms with van der Waals surface area (Å²) in [5.74, 6) is -1.62. The summed E-state index contributed by atoms with van der Waals surface area (Å²) in [7, 11) is 2.86. The predicted octanol–water partition coefficient (Wildman–Crippen LogP) is 0.650. The van der Waals surface area contributed by atoms with Crippen molar-refractivity contribution in [3.05, 3.63) is 73.3 Å². The molecule has 3 rings (SSSR count). The van der Waals surface area contributed by atoms with E-state index in [1.54, 1.807) is 6.92 Å². The second kappa shape index (κ2) is 6.79. The predicted molar refractivity (Wildman–Crippen MR) is 98.4 cm³/mol. The third kappa shape index (κ3) is 2.83. The first-order valence-electron chi connectivity index (χ1n) is 8.49. The topological polar surface area (TPSA) is 106 Å². The van der Waals surface area contributed by atoms with Crippen molar-refractivity contribution in [3.8, 4) is 5.88 Å². The van der Waals surface area contributed by atoms with Crippen LogP contribution in [0.3, 0.4) is 0 Å². The van der Waals surface area contributed by atoms with Gasteiger partial charge in [-0.15, -0.1) is 0 Å². The average molecular weight is 371 g/mol. The Labute approximate surface area is 155 Å². The zero-order valence-electron chi connectivity index (χ0n) is 15.6. The zero-order valence-corrected chi connectivity index (χ0v) is 15.6. The molecule has 2 heterocycles. The van der Waals surface area contributed by atoms with E-state index in [0.717, 1.165) is 10.1 Å². The lowest BCUT2D eigenvalue weighted by Gasteiger charge is -2.29. The van der Waals surface area contributed by atoms with Crippen molar-refractivity contribution < 1.29 is 14.3 Å².